The lowest BCUT2D eigenvalue weighted by molar-refractivity contribution is -0.211. The number of aromatic amines is 1. The monoisotopic (exact) mass is 529 g/mol. The maximum Gasteiger partial charge on any atom is 0.423 e. The van der Waals surface area contributed by atoms with Crippen LogP contribution in [0.1, 0.15) is 24.0 Å². The Hall–Kier alpha value is -3.80. The molecule has 0 spiro atoms. The number of carbonyl (C=O) groups excluding carboxylic acids is 1. The minimum Gasteiger partial charge on any atom is -0.376 e. The van der Waals surface area contributed by atoms with Gasteiger partial charge in [0.05, 0.1) is 29.4 Å². The number of likely N-dealkylation sites (tertiary alicyclic amines) is 1. The second-order valence-electron chi connectivity index (χ2n) is 8.67. The van der Waals surface area contributed by atoms with Crippen molar-refractivity contribution in [3.05, 3.63) is 35.2 Å². The highest BCUT2D eigenvalue weighted by Gasteiger charge is 2.45. The molecule has 0 aliphatic carbocycles. The molecule has 9 nitrogen and oxygen atoms in total. The summed E-state index contributed by atoms with van der Waals surface area (Å²) in [5.74, 6) is -1.12. The number of aliphatic imine (C=N–C) groups is 1. The molecule has 4 heterocycles. The molecule has 2 aliphatic heterocycles. The van der Waals surface area contributed by atoms with Crippen molar-refractivity contribution in [2.45, 2.75) is 31.3 Å². The minimum atomic E-state index is -5.02. The highest BCUT2D eigenvalue weighted by molar-refractivity contribution is 5.97. The lowest BCUT2D eigenvalue weighted by Crippen LogP contribution is -2.50. The van der Waals surface area contributed by atoms with E-state index in [1.807, 2.05) is 6.07 Å². The lowest BCUT2D eigenvalue weighted by Gasteiger charge is -2.33. The molecule has 2 aromatic heterocycles. The van der Waals surface area contributed by atoms with Crippen LogP contribution in [0.2, 0.25) is 0 Å². The van der Waals surface area contributed by atoms with E-state index in [9.17, 15) is 41.5 Å². The second kappa shape index (κ2) is 9.92. The van der Waals surface area contributed by atoms with Gasteiger partial charge in [-0.25, -0.2) is 9.98 Å². The molecule has 4 rings (SSSR count). The lowest BCUT2D eigenvalue weighted by atomic mass is 9.96. The van der Waals surface area contributed by atoms with Gasteiger partial charge in [-0.05, 0) is 24.8 Å². The standard InChI is InChI=1S/C22H21F6N7O2/c23-21(24,25)13-5-14-15(10-31-18(14)30-9-13)16-12(6-29)8-33-20(34-16)32-7-11-1-3-35(4-2-11)19(37)17(36)22(26,27)28/h5,9-11,17,36H,1-4,7-8H2,(H,30,31)(H2,32,33,34)/t17-/m0/s1. The molecule has 0 radical (unpaired) electrons. The first-order valence-electron chi connectivity index (χ1n) is 11.2. The van der Waals surface area contributed by atoms with Crippen LogP contribution >= 0.6 is 0 Å². The van der Waals surface area contributed by atoms with Gasteiger partial charge in [0.25, 0.3) is 5.91 Å². The van der Waals surface area contributed by atoms with E-state index in [2.05, 4.69) is 25.6 Å². The Balaban J connectivity index is 1.44. The number of halogens is 6. The Morgan fingerprint density at radius 3 is 2.59 bits per heavy atom. The summed E-state index contributed by atoms with van der Waals surface area (Å²) in [4.78, 5) is 23.8. The number of aliphatic hydroxyl groups excluding tert-OH is 1. The van der Waals surface area contributed by atoms with Crippen molar-refractivity contribution in [2.24, 2.45) is 10.9 Å². The highest BCUT2D eigenvalue weighted by Crippen LogP contribution is 2.34. The number of nitriles is 1. The summed E-state index contributed by atoms with van der Waals surface area (Å²) in [7, 11) is 0. The number of aromatic nitrogens is 2. The Bertz CT molecular complexity index is 1280. The number of pyridine rings is 1. The fourth-order valence-electron chi connectivity index (χ4n) is 4.16. The molecular weight excluding hydrogens is 508 g/mol. The summed E-state index contributed by atoms with van der Waals surface area (Å²) >= 11 is 0. The molecule has 1 saturated heterocycles. The minimum absolute atomic E-state index is 0.0204. The number of fused-ring (bicyclic) bond motifs is 1. The van der Waals surface area contributed by atoms with Crippen LogP contribution in [0.5, 0.6) is 0 Å². The number of aliphatic hydroxyl groups is 1. The molecule has 0 unspecified atom stereocenters. The normalized spacial score (nSPS) is 18.3. The topological polar surface area (TPSA) is 129 Å². The Labute approximate surface area is 205 Å². The molecule has 1 atom stereocenters. The van der Waals surface area contributed by atoms with Gasteiger partial charge >= 0.3 is 12.4 Å². The number of nitrogens with one attached hydrogen (secondary N) is 3. The van der Waals surface area contributed by atoms with Gasteiger partial charge in [-0.1, -0.05) is 0 Å². The van der Waals surface area contributed by atoms with Gasteiger partial charge in [0.1, 0.15) is 5.65 Å². The van der Waals surface area contributed by atoms with E-state index in [0.717, 1.165) is 11.0 Å². The number of nitrogens with zero attached hydrogens (tertiary/aromatic N) is 4. The zero-order chi connectivity index (χ0) is 27.0. The number of piperidine rings is 1. The SMILES string of the molecule is N#CC1=C(c2c[nH]c3ncc(C(F)(F)F)cc23)N=C(NCC2CCN(C(=O)[C@H](O)C(F)(F)F)CC2)NC1. The average Bonchev–Trinajstić information content (AvgIpc) is 3.29. The summed E-state index contributed by atoms with van der Waals surface area (Å²) < 4.78 is 77.4. The molecule has 2 aromatic rings. The predicted octanol–water partition coefficient (Wildman–Crippen LogP) is 2.53. The Morgan fingerprint density at radius 2 is 1.97 bits per heavy atom. The van der Waals surface area contributed by atoms with E-state index in [0.29, 0.717) is 25.6 Å². The molecule has 0 aromatic carbocycles. The predicted molar refractivity (Wildman–Crippen MR) is 118 cm³/mol. The van der Waals surface area contributed by atoms with E-state index in [4.69, 9.17) is 0 Å². The van der Waals surface area contributed by atoms with Crippen molar-refractivity contribution in [3.8, 4) is 6.07 Å². The zero-order valence-corrected chi connectivity index (χ0v) is 19.0. The van der Waals surface area contributed by atoms with Crippen LogP contribution in [0.3, 0.4) is 0 Å². The number of amides is 1. The maximum atomic E-state index is 13.2. The van der Waals surface area contributed by atoms with Gasteiger partial charge in [-0.2, -0.15) is 31.6 Å². The first kappa shape index (κ1) is 26.3. The van der Waals surface area contributed by atoms with Crippen LogP contribution in [-0.4, -0.2) is 70.3 Å². The van der Waals surface area contributed by atoms with Crippen molar-refractivity contribution in [1.82, 2.24) is 25.5 Å². The van der Waals surface area contributed by atoms with E-state index in [1.165, 1.54) is 6.20 Å². The number of hydrogen-bond acceptors (Lipinski definition) is 7. The van der Waals surface area contributed by atoms with Crippen LogP contribution in [0.4, 0.5) is 26.3 Å². The molecule has 15 heteroatoms. The van der Waals surface area contributed by atoms with Gasteiger partial charge < -0.3 is 25.6 Å². The Morgan fingerprint density at radius 1 is 1.27 bits per heavy atom. The number of hydrogen-bond donors (Lipinski definition) is 4. The van der Waals surface area contributed by atoms with Gasteiger partial charge in [0.15, 0.2) is 5.96 Å². The van der Waals surface area contributed by atoms with Crippen LogP contribution in [0.25, 0.3) is 16.7 Å². The molecule has 37 heavy (non-hydrogen) atoms. The molecule has 1 amide bonds. The van der Waals surface area contributed by atoms with Crippen LogP contribution in [0.15, 0.2) is 29.0 Å². The smallest absolute Gasteiger partial charge is 0.376 e. The highest BCUT2D eigenvalue weighted by atomic mass is 19.4. The van der Waals surface area contributed by atoms with E-state index < -0.39 is 29.9 Å². The van der Waals surface area contributed by atoms with Crippen molar-refractivity contribution < 1.29 is 36.2 Å². The summed E-state index contributed by atoms with van der Waals surface area (Å²) in [5.41, 5.74) is -0.0747. The number of H-pyrrole nitrogens is 1. The average molecular weight is 529 g/mol. The van der Waals surface area contributed by atoms with Crippen molar-refractivity contribution in [3.63, 3.8) is 0 Å². The summed E-state index contributed by atoms with van der Waals surface area (Å²) in [6.07, 6.45) is -9.76. The summed E-state index contributed by atoms with van der Waals surface area (Å²) in [5, 5.41) is 24.8. The fraction of sp³-hybridized carbons (Fsp3) is 0.455. The molecule has 2 aliphatic rings. The zero-order valence-electron chi connectivity index (χ0n) is 19.0. The molecule has 4 N–H and O–H groups in total. The first-order chi connectivity index (χ1) is 17.4. The third-order valence-electron chi connectivity index (χ3n) is 6.22. The largest absolute Gasteiger partial charge is 0.423 e. The number of guanidine groups is 1. The number of carbonyl (C=O) groups is 1. The molecular formula is C22H21F6N7O2. The molecule has 0 bridgehead atoms. The van der Waals surface area contributed by atoms with E-state index >= 15 is 0 Å². The third kappa shape index (κ3) is 5.63. The van der Waals surface area contributed by atoms with Crippen molar-refractivity contribution >= 4 is 28.6 Å². The van der Waals surface area contributed by atoms with Crippen LogP contribution < -0.4 is 10.6 Å². The van der Waals surface area contributed by atoms with Gasteiger partial charge in [-0.15, -0.1) is 0 Å². The number of alkyl halides is 6. The van der Waals surface area contributed by atoms with E-state index in [1.54, 1.807) is 0 Å². The van der Waals surface area contributed by atoms with Crippen LogP contribution in [-0.2, 0) is 11.0 Å². The fourth-order valence-corrected chi connectivity index (χ4v) is 4.16. The maximum absolute atomic E-state index is 13.2. The van der Waals surface area contributed by atoms with Gasteiger partial charge in [0, 0.05) is 43.0 Å². The van der Waals surface area contributed by atoms with E-state index in [-0.39, 0.29) is 59.4 Å². The quantitative estimate of drug-likeness (QED) is 0.451. The summed E-state index contributed by atoms with van der Waals surface area (Å²) in [6.45, 7) is 0.509. The summed E-state index contributed by atoms with van der Waals surface area (Å²) in [6, 6.07) is 2.94. The molecule has 0 saturated carbocycles. The first-order valence-corrected chi connectivity index (χ1v) is 11.2. The molecule has 198 valence electrons. The molecule has 1 fully saturated rings. The second-order valence-corrected chi connectivity index (χ2v) is 8.67. The van der Waals surface area contributed by atoms with Crippen molar-refractivity contribution in [2.75, 3.05) is 26.2 Å². The van der Waals surface area contributed by atoms with Crippen molar-refractivity contribution in [1.29, 1.82) is 5.26 Å². The third-order valence-corrected chi connectivity index (χ3v) is 6.22. The van der Waals surface area contributed by atoms with Gasteiger partial charge in [0.2, 0.25) is 6.10 Å². The number of rotatable bonds is 4. The van der Waals surface area contributed by atoms with Gasteiger partial charge in [-0.3, -0.25) is 4.79 Å². The van der Waals surface area contributed by atoms with Crippen LogP contribution in [0, 0.1) is 17.2 Å². The Kier molecular flexibility index (Phi) is 7.05.